The van der Waals surface area contributed by atoms with Crippen LogP contribution in [0.4, 0.5) is 0 Å². The van der Waals surface area contributed by atoms with Gasteiger partial charge in [-0.25, -0.2) is 8.42 Å². The van der Waals surface area contributed by atoms with Gasteiger partial charge >= 0.3 is 5.97 Å². The molecule has 1 fully saturated rings. The van der Waals surface area contributed by atoms with Crippen LogP contribution in [0, 0.1) is 11.3 Å². The van der Waals surface area contributed by atoms with E-state index in [0.29, 0.717) is 29.0 Å². The van der Waals surface area contributed by atoms with Gasteiger partial charge in [-0.2, -0.15) is 5.26 Å². The lowest BCUT2D eigenvalue weighted by atomic mass is 10.1. The summed E-state index contributed by atoms with van der Waals surface area (Å²) < 4.78 is 30.3. The maximum absolute atomic E-state index is 13.2. The Labute approximate surface area is 163 Å². The quantitative estimate of drug-likeness (QED) is 0.703. The molecule has 0 bridgehead atoms. The Kier molecular flexibility index (Phi) is 5.54. The largest absolute Gasteiger partial charge is 0.460 e. The summed E-state index contributed by atoms with van der Waals surface area (Å²) in [6.45, 7) is -0.0771. The van der Waals surface area contributed by atoms with Gasteiger partial charge in [-0.1, -0.05) is 36.6 Å². The number of nitriles is 1. The molecule has 1 aliphatic carbocycles. The Balaban J connectivity index is 1.86. The van der Waals surface area contributed by atoms with Gasteiger partial charge in [0.1, 0.15) is 6.61 Å². The van der Waals surface area contributed by atoms with Crippen molar-refractivity contribution in [1.29, 1.82) is 5.26 Å². The molecule has 0 aliphatic heterocycles. The van der Waals surface area contributed by atoms with Crippen LogP contribution in [-0.4, -0.2) is 19.1 Å². The first-order valence-corrected chi connectivity index (χ1v) is 10.4. The van der Waals surface area contributed by atoms with Gasteiger partial charge in [0.05, 0.1) is 16.5 Å². The van der Waals surface area contributed by atoms with Crippen LogP contribution in [-0.2, 0) is 26.0 Å². The maximum Gasteiger partial charge on any atom is 0.328 e. The number of sulfone groups is 1. The lowest BCUT2D eigenvalue weighted by Gasteiger charge is -2.26. The zero-order chi connectivity index (χ0) is 19.5. The molecule has 7 heteroatoms. The van der Waals surface area contributed by atoms with E-state index in [-0.39, 0.29) is 24.3 Å². The van der Waals surface area contributed by atoms with Crippen LogP contribution in [0.2, 0.25) is 5.02 Å². The zero-order valence-corrected chi connectivity index (χ0v) is 16.1. The standard InChI is InChI=1S/C20H18ClNO4S/c21-17-6-8-18(9-7-17)27(24,25)20(10-1-2-11-20)19(23)26-14-16-5-3-4-15(12-16)13-22/h3-9,12H,1-2,10-11,14H2. The third kappa shape index (κ3) is 3.71. The van der Waals surface area contributed by atoms with Crippen LogP contribution >= 0.6 is 11.6 Å². The fraction of sp³-hybridized carbons (Fsp3) is 0.300. The fourth-order valence-electron chi connectivity index (χ4n) is 3.38. The Hall–Kier alpha value is -2.36. The third-order valence-corrected chi connectivity index (χ3v) is 7.60. The van der Waals surface area contributed by atoms with Crippen molar-refractivity contribution in [3.8, 4) is 6.07 Å². The number of nitrogens with zero attached hydrogens (tertiary/aromatic N) is 1. The van der Waals surface area contributed by atoms with E-state index in [1.165, 1.54) is 24.3 Å². The minimum atomic E-state index is -3.92. The number of esters is 1. The van der Waals surface area contributed by atoms with Crippen molar-refractivity contribution in [2.24, 2.45) is 0 Å². The smallest absolute Gasteiger partial charge is 0.328 e. The van der Waals surface area contributed by atoms with Gasteiger partial charge in [-0.3, -0.25) is 4.79 Å². The van der Waals surface area contributed by atoms with Crippen molar-refractivity contribution in [2.45, 2.75) is 41.9 Å². The molecule has 2 aromatic rings. The number of benzene rings is 2. The summed E-state index contributed by atoms with van der Waals surface area (Å²) in [6.07, 6.45) is 1.75. The third-order valence-electron chi connectivity index (χ3n) is 4.85. The van der Waals surface area contributed by atoms with E-state index in [9.17, 15) is 13.2 Å². The second-order valence-corrected chi connectivity index (χ2v) is 9.24. The number of hydrogen-bond donors (Lipinski definition) is 0. The molecule has 27 heavy (non-hydrogen) atoms. The van der Waals surface area contributed by atoms with Crippen molar-refractivity contribution >= 4 is 27.4 Å². The van der Waals surface area contributed by atoms with E-state index in [1.54, 1.807) is 24.3 Å². The Morgan fingerprint density at radius 2 is 1.81 bits per heavy atom. The SMILES string of the molecule is N#Cc1cccc(COC(=O)C2(S(=O)(=O)c3ccc(Cl)cc3)CCCC2)c1. The molecular formula is C20H18ClNO4S. The molecule has 5 nitrogen and oxygen atoms in total. The van der Waals surface area contributed by atoms with Crippen LogP contribution in [0.25, 0.3) is 0 Å². The molecule has 2 aromatic carbocycles. The first-order valence-electron chi connectivity index (χ1n) is 8.55. The van der Waals surface area contributed by atoms with Crippen LogP contribution < -0.4 is 0 Å². The molecule has 0 unspecified atom stereocenters. The first kappa shape index (κ1) is 19.4. The summed E-state index contributed by atoms with van der Waals surface area (Å²) in [4.78, 5) is 13.0. The van der Waals surface area contributed by atoms with Crippen LogP contribution in [0.3, 0.4) is 0 Å². The molecule has 0 saturated heterocycles. The van der Waals surface area contributed by atoms with E-state index in [1.807, 2.05) is 6.07 Å². The average molecular weight is 404 g/mol. The van der Waals surface area contributed by atoms with E-state index in [0.717, 1.165) is 0 Å². The van der Waals surface area contributed by atoms with Gasteiger partial charge in [0.15, 0.2) is 14.6 Å². The van der Waals surface area contributed by atoms with Crippen molar-refractivity contribution in [3.05, 3.63) is 64.7 Å². The van der Waals surface area contributed by atoms with Gasteiger partial charge in [0.25, 0.3) is 0 Å². The summed E-state index contributed by atoms with van der Waals surface area (Å²) >= 11 is 5.85. The monoisotopic (exact) mass is 403 g/mol. The van der Waals surface area contributed by atoms with Crippen molar-refractivity contribution in [2.75, 3.05) is 0 Å². The molecule has 140 valence electrons. The average Bonchev–Trinajstić information content (AvgIpc) is 3.18. The first-order chi connectivity index (χ1) is 12.9. The second-order valence-electron chi connectivity index (χ2n) is 6.55. The van der Waals surface area contributed by atoms with E-state index >= 15 is 0 Å². The van der Waals surface area contributed by atoms with Gasteiger partial charge in [-0.05, 0) is 54.8 Å². The Morgan fingerprint density at radius 1 is 1.15 bits per heavy atom. The van der Waals surface area contributed by atoms with Crippen molar-refractivity contribution < 1.29 is 17.9 Å². The van der Waals surface area contributed by atoms with Crippen LogP contribution in [0.5, 0.6) is 0 Å². The normalized spacial score (nSPS) is 15.9. The highest BCUT2D eigenvalue weighted by Crippen LogP contribution is 2.41. The molecule has 0 aromatic heterocycles. The number of hydrogen-bond acceptors (Lipinski definition) is 5. The molecule has 3 rings (SSSR count). The van der Waals surface area contributed by atoms with Crippen LogP contribution in [0.15, 0.2) is 53.4 Å². The summed E-state index contributed by atoms with van der Waals surface area (Å²) in [5.74, 6) is -0.739. The van der Waals surface area contributed by atoms with Crippen molar-refractivity contribution in [1.82, 2.24) is 0 Å². The maximum atomic E-state index is 13.2. The van der Waals surface area contributed by atoms with Gasteiger partial charge in [-0.15, -0.1) is 0 Å². The number of ether oxygens (including phenoxy) is 1. The molecular weight excluding hydrogens is 386 g/mol. The van der Waals surface area contributed by atoms with Gasteiger partial charge in [0, 0.05) is 5.02 Å². The highest BCUT2D eigenvalue weighted by molar-refractivity contribution is 7.93. The molecule has 0 spiro atoms. The summed E-state index contributed by atoms with van der Waals surface area (Å²) in [5.41, 5.74) is 1.09. The van der Waals surface area contributed by atoms with E-state index < -0.39 is 20.6 Å². The molecule has 0 radical (unpaired) electrons. The number of rotatable bonds is 5. The minimum absolute atomic E-state index is 0.0669. The molecule has 0 amide bonds. The Bertz CT molecular complexity index is 987. The van der Waals surface area contributed by atoms with Crippen LogP contribution in [0.1, 0.15) is 36.8 Å². The Morgan fingerprint density at radius 3 is 2.44 bits per heavy atom. The molecule has 1 saturated carbocycles. The summed E-state index contributed by atoms with van der Waals surface area (Å²) in [7, 11) is -3.92. The fourth-order valence-corrected chi connectivity index (χ4v) is 5.56. The second kappa shape index (κ2) is 7.71. The lowest BCUT2D eigenvalue weighted by Crippen LogP contribution is -2.45. The minimum Gasteiger partial charge on any atom is -0.460 e. The molecule has 1 aliphatic rings. The van der Waals surface area contributed by atoms with Gasteiger partial charge in [0.2, 0.25) is 0 Å². The van der Waals surface area contributed by atoms with E-state index in [2.05, 4.69) is 0 Å². The predicted molar refractivity (Wildman–Crippen MR) is 101 cm³/mol. The number of carbonyl (C=O) groups excluding carboxylic acids is 1. The zero-order valence-electron chi connectivity index (χ0n) is 14.5. The van der Waals surface area contributed by atoms with Gasteiger partial charge < -0.3 is 4.74 Å². The topological polar surface area (TPSA) is 84.2 Å². The lowest BCUT2D eigenvalue weighted by molar-refractivity contribution is -0.148. The number of halogens is 1. The molecule has 0 N–H and O–H groups in total. The highest BCUT2D eigenvalue weighted by Gasteiger charge is 2.54. The summed E-state index contributed by atoms with van der Waals surface area (Å²) in [5, 5.41) is 9.38. The molecule has 0 atom stereocenters. The highest BCUT2D eigenvalue weighted by atomic mass is 35.5. The predicted octanol–water partition coefficient (Wildman–Crippen LogP) is 4.04. The van der Waals surface area contributed by atoms with Crippen molar-refractivity contribution in [3.63, 3.8) is 0 Å². The molecule has 0 heterocycles. The summed E-state index contributed by atoms with van der Waals surface area (Å²) in [6, 6.07) is 14.5. The number of carbonyl (C=O) groups is 1. The van der Waals surface area contributed by atoms with E-state index in [4.69, 9.17) is 21.6 Å².